The molecule has 0 atom stereocenters. The van der Waals surface area contributed by atoms with E-state index >= 15 is 0 Å². The first-order chi connectivity index (χ1) is 1.00. The van der Waals surface area contributed by atoms with Crippen molar-refractivity contribution in [2.24, 2.45) is 0 Å². The maximum atomic E-state index is 8.06. The summed E-state index contributed by atoms with van der Waals surface area (Å²) >= 11 is 1.69. The molecular formula is HLiMnMoO. The molecule has 0 aliphatic heterocycles. The average Bonchev–Trinajstić information content (AvgIpc) is 1.00. The molecule has 0 radical (unpaired) electrons. The van der Waals surface area contributed by atoms with E-state index in [1.165, 1.54) is 0 Å². The molecule has 0 aromatic rings. The summed E-state index contributed by atoms with van der Waals surface area (Å²) < 4.78 is 8.06. The fourth-order valence-electron chi connectivity index (χ4n) is 0. The molecule has 4 heteroatoms. The van der Waals surface area contributed by atoms with Crippen molar-refractivity contribution in [2.45, 2.75) is 0 Å². The molecule has 0 aromatic carbocycles. The van der Waals surface area contributed by atoms with Crippen LogP contribution < -0.4 is 18.9 Å². The maximum absolute atomic E-state index is 8.06. The number of rotatable bonds is 0. The quantitative estimate of drug-likeness (QED) is 0.358. The second-order valence-electron chi connectivity index (χ2n) is 0. The molecule has 0 rings (SSSR count). The van der Waals surface area contributed by atoms with Crippen LogP contribution in [0.3, 0.4) is 0 Å². The molecule has 0 aliphatic rings. The summed E-state index contributed by atoms with van der Waals surface area (Å²) in [6.45, 7) is 0. The first-order valence-corrected chi connectivity index (χ1v) is 0.636. The van der Waals surface area contributed by atoms with Gasteiger partial charge in [-0.3, -0.25) is 0 Å². The van der Waals surface area contributed by atoms with E-state index in [-0.39, 0.29) is 41.4 Å². The van der Waals surface area contributed by atoms with Crippen LogP contribution in [-0.2, 0) is 40.8 Å². The van der Waals surface area contributed by atoms with Crippen molar-refractivity contribution in [3.8, 4) is 0 Å². The second-order valence-corrected chi connectivity index (χ2v) is 0. The van der Waals surface area contributed by atoms with Crippen LogP contribution in [0.4, 0.5) is 0 Å². The molecule has 0 aliphatic carbocycles. The zero-order valence-electron chi connectivity index (χ0n) is 3.19. The first kappa shape index (κ1) is 17.5. The van der Waals surface area contributed by atoms with Gasteiger partial charge in [-0.1, -0.05) is 0 Å². The van der Waals surface area contributed by atoms with E-state index in [9.17, 15) is 0 Å². The van der Waals surface area contributed by atoms with Crippen molar-refractivity contribution in [3.63, 3.8) is 0 Å². The van der Waals surface area contributed by atoms with Crippen LogP contribution in [0, 0.1) is 0 Å². The van der Waals surface area contributed by atoms with Crippen LogP contribution in [0.5, 0.6) is 0 Å². The molecule has 1 nitrogen and oxygen atoms in total. The van der Waals surface area contributed by atoms with E-state index in [1.54, 1.807) is 15.9 Å². The third kappa shape index (κ3) is 9.50. The number of hydrogen-bond donors (Lipinski definition) is 0. The van der Waals surface area contributed by atoms with Gasteiger partial charge in [-0.15, -0.1) is 0 Å². The van der Waals surface area contributed by atoms with Gasteiger partial charge in [0.05, 0.1) is 0 Å². The van der Waals surface area contributed by atoms with Crippen LogP contribution in [0.25, 0.3) is 0 Å². The van der Waals surface area contributed by atoms with Gasteiger partial charge in [-0.25, -0.2) is 0 Å². The monoisotopic (exact) mass is 177 g/mol. The van der Waals surface area contributed by atoms with Crippen molar-refractivity contribution in [3.05, 3.63) is 0 Å². The summed E-state index contributed by atoms with van der Waals surface area (Å²) in [6, 6.07) is 0. The minimum atomic E-state index is 0. The van der Waals surface area contributed by atoms with Gasteiger partial charge in [0.15, 0.2) is 0 Å². The van der Waals surface area contributed by atoms with Crippen molar-refractivity contribution in [2.75, 3.05) is 0 Å². The molecule has 0 unspecified atom stereocenters. The predicted molar refractivity (Wildman–Crippen MR) is 1.80 cm³/mol. The Hall–Kier alpha value is 1.61. The molecule has 0 heterocycles. The van der Waals surface area contributed by atoms with Crippen molar-refractivity contribution in [1.29, 1.82) is 0 Å². The third-order valence-corrected chi connectivity index (χ3v) is 0. The molecule has 0 fully saturated rings. The zero-order chi connectivity index (χ0) is 2.00. The molecule has 0 aromatic heterocycles. The van der Waals surface area contributed by atoms with E-state index in [2.05, 4.69) is 0 Å². The van der Waals surface area contributed by atoms with E-state index in [0.29, 0.717) is 0 Å². The SMILES string of the molecule is [H-].[Li+].[Mo].[O]=[Mn]. The zero-order valence-corrected chi connectivity index (χ0v) is 5.38. The number of hydrogen-bond acceptors (Lipinski definition) is 1. The summed E-state index contributed by atoms with van der Waals surface area (Å²) in [5.41, 5.74) is 0. The molecular weight excluding hydrogens is 174 g/mol. The van der Waals surface area contributed by atoms with Crippen LogP contribution >= 0.6 is 0 Å². The van der Waals surface area contributed by atoms with E-state index in [4.69, 9.17) is 3.83 Å². The Bertz CT molecular complexity index is 11.6. The molecule has 4 heavy (non-hydrogen) atoms. The van der Waals surface area contributed by atoms with Gasteiger partial charge in [-0.2, -0.15) is 0 Å². The van der Waals surface area contributed by atoms with Gasteiger partial charge >= 0.3 is 38.6 Å². The third-order valence-electron chi connectivity index (χ3n) is 0. The second kappa shape index (κ2) is 23.2. The average molecular weight is 175 g/mol. The standard InChI is InChI=1S/Li.Mn.Mo.O.H/q+1;;;;-1. The summed E-state index contributed by atoms with van der Waals surface area (Å²) in [5, 5.41) is 0. The van der Waals surface area contributed by atoms with E-state index in [0.717, 1.165) is 0 Å². The molecule has 21 valence electrons. The summed E-state index contributed by atoms with van der Waals surface area (Å²) in [4.78, 5) is 0. The van der Waals surface area contributed by atoms with Gasteiger partial charge < -0.3 is 1.43 Å². The normalized spacial score (nSPS) is 1.00. The summed E-state index contributed by atoms with van der Waals surface area (Å²) in [5.74, 6) is 0. The molecule has 0 amide bonds. The van der Waals surface area contributed by atoms with Crippen molar-refractivity contribution in [1.82, 2.24) is 0 Å². The van der Waals surface area contributed by atoms with Gasteiger partial charge in [0.1, 0.15) is 0 Å². The molecule has 0 saturated heterocycles. The topological polar surface area (TPSA) is 17.1 Å². The van der Waals surface area contributed by atoms with Crippen molar-refractivity contribution < 1.29 is 61.1 Å². The Kier molecular flexibility index (Phi) is 102. The van der Waals surface area contributed by atoms with Crippen LogP contribution in [0.1, 0.15) is 1.43 Å². The minimum absolute atomic E-state index is 0. The first-order valence-electron chi connectivity index (χ1n) is 0.154. The van der Waals surface area contributed by atoms with Gasteiger partial charge in [0, 0.05) is 21.1 Å². The summed E-state index contributed by atoms with van der Waals surface area (Å²) in [6.07, 6.45) is 0. The van der Waals surface area contributed by atoms with Crippen LogP contribution in [0.15, 0.2) is 0 Å². The summed E-state index contributed by atoms with van der Waals surface area (Å²) in [7, 11) is 0. The van der Waals surface area contributed by atoms with Gasteiger partial charge in [0.25, 0.3) is 0 Å². The molecule has 0 saturated carbocycles. The molecule has 0 spiro atoms. The predicted octanol–water partition coefficient (Wildman–Crippen LogP) is -3.01. The van der Waals surface area contributed by atoms with Gasteiger partial charge in [-0.05, 0) is 0 Å². The van der Waals surface area contributed by atoms with Gasteiger partial charge in [0.2, 0.25) is 0 Å². The Balaban J connectivity index is -0.00000000167. The Morgan fingerprint density at radius 1 is 1.50 bits per heavy atom. The van der Waals surface area contributed by atoms with Crippen molar-refractivity contribution >= 4 is 0 Å². The fraction of sp³-hybridized carbons (Fsp3) is 0. The molecule has 0 bridgehead atoms. The fourth-order valence-corrected chi connectivity index (χ4v) is 0. The van der Waals surface area contributed by atoms with E-state index in [1.807, 2.05) is 0 Å². The Labute approximate surface area is 60.8 Å². The molecule has 0 N–H and O–H groups in total. The van der Waals surface area contributed by atoms with Crippen LogP contribution in [0.2, 0.25) is 0 Å². The Morgan fingerprint density at radius 2 is 1.50 bits per heavy atom. The van der Waals surface area contributed by atoms with Crippen LogP contribution in [-0.4, -0.2) is 0 Å². The Morgan fingerprint density at radius 3 is 1.50 bits per heavy atom. The van der Waals surface area contributed by atoms with E-state index < -0.39 is 0 Å².